The van der Waals surface area contributed by atoms with Gasteiger partial charge in [0, 0.05) is 17.2 Å². The van der Waals surface area contributed by atoms with Crippen LogP contribution in [0.4, 0.5) is 5.69 Å². The van der Waals surface area contributed by atoms with E-state index in [1.54, 1.807) is 24.3 Å². The summed E-state index contributed by atoms with van der Waals surface area (Å²) < 4.78 is 0. The Kier molecular flexibility index (Phi) is 4.35. The van der Waals surface area contributed by atoms with Crippen molar-refractivity contribution in [1.82, 2.24) is 0 Å². The molecule has 0 fully saturated rings. The lowest BCUT2D eigenvalue weighted by molar-refractivity contribution is -0.384. The smallest absolute Gasteiger partial charge is 0.336 e. The van der Waals surface area contributed by atoms with Crippen molar-refractivity contribution in [3.8, 4) is 0 Å². The molecule has 0 saturated heterocycles. The fourth-order valence-corrected chi connectivity index (χ4v) is 1.88. The number of hydrogen-bond donors (Lipinski definition) is 1. The maximum absolute atomic E-state index is 11.4. The van der Waals surface area contributed by atoms with E-state index in [1.165, 1.54) is 30.3 Å². The molecule has 2 aromatic rings. The highest BCUT2D eigenvalue weighted by molar-refractivity contribution is 6.30. The van der Waals surface area contributed by atoms with Gasteiger partial charge in [-0.1, -0.05) is 23.7 Å². The molecule has 6 heteroatoms. The lowest BCUT2D eigenvalue weighted by Gasteiger charge is -2.03. The third-order valence-corrected chi connectivity index (χ3v) is 3.05. The minimum atomic E-state index is -1.11. The predicted molar refractivity (Wildman–Crippen MR) is 80.1 cm³/mol. The van der Waals surface area contributed by atoms with Crippen molar-refractivity contribution in [1.29, 1.82) is 0 Å². The Labute approximate surface area is 125 Å². The molecule has 0 aliphatic carbocycles. The van der Waals surface area contributed by atoms with Crippen molar-refractivity contribution in [2.24, 2.45) is 0 Å². The molecule has 0 aliphatic heterocycles. The van der Waals surface area contributed by atoms with Gasteiger partial charge in [0.15, 0.2) is 0 Å². The largest absolute Gasteiger partial charge is 0.478 e. The quantitative estimate of drug-likeness (QED) is 0.402. The maximum atomic E-state index is 11.4. The standard InChI is InChI=1S/C15H10ClNO4/c16-12-5-1-10(2-6-12)9-14(15(18)19)11-3-7-13(8-4-11)17(20)21/h1-9H,(H,18,19)/b14-9-. The summed E-state index contributed by atoms with van der Waals surface area (Å²) in [6, 6.07) is 12.1. The lowest BCUT2D eigenvalue weighted by Crippen LogP contribution is -2.00. The van der Waals surface area contributed by atoms with Gasteiger partial charge < -0.3 is 5.11 Å². The summed E-state index contributed by atoms with van der Waals surface area (Å²) in [5, 5.41) is 20.4. The van der Waals surface area contributed by atoms with Crippen molar-refractivity contribution in [2.75, 3.05) is 0 Å². The number of non-ortho nitro benzene ring substituents is 1. The number of nitro groups is 1. The van der Waals surface area contributed by atoms with Gasteiger partial charge >= 0.3 is 5.97 Å². The summed E-state index contributed by atoms with van der Waals surface area (Å²) in [5.74, 6) is -1.11. The second kappa shape index (κ2) is 6.19. The molecule has 0 unspecified atom stereocenters. The molecule has 2 aromatic carbocycles. The van der Waals surface area contributed by atoms with E-state index in [9.17, 15) is 20.0 Å². The number of nitro benzene ring substituents is 1. The number of carboxylic acid groups (broad SMARTS) is 1. The minimum absolute atomic E-state index is 0.0484. The minimum Gasteiger partial charge on any atom is -0.478 e. The molecular weight excluding hydrogens is 294 g/mol. The van der Waals surface area contributed by atoms with E-state index in [0.29, 0.717) is 16.1 Å². The Balaban J connectivity index is 2.41. The van der Waals surface area contributed by atoms with Crippen LogP contribution in [-0.2, 0) is 4.79 Å². The highest BCUT2D eigenvalue weighted by Gasteiger charge is 2.12. The topological polar surface area (TPSA) is 80.4 Å². The predicted octanol–water partition coefficient (Wildman–Crippen LogP) is 3.87. The molecule has 2 rings (SSSR count). The van der Waals surface area contributed by atoms with Crippen LogP contribution >= 0.6 is 11.6 Å². The normalized spacial score (nSPS) is 11.2. The Bertz CT molecular complexity index is 705. The van der Waals surface area contributed by atoms with Gasteiger partial charge in [-0.15, -0.1) is 0 Å². The van der Waals surface area contributed by atoms with Crippen LogP contribution in [0.25, 0.3) is 11.6 Å². The van der Waals surface area contributed by atoms with Crippen molar-refractivity contribution in [3.63, 3.8) is 0 Å². The molecule has 0 aliphatic rings. The first-order chi connectivity index (χ1) is 9.97. The number of hydrogen-bond acceptors (Lipinski definition) is 3. The highest BCUT2D eigenvalue weighted by Crippen LogP contribution is 2.22. The molecule has 0 aromatic heterocycles. The van der Waals surface area contributed by atoms with E-state index in [-0.39, 0.29) is 11.3 Å². The van der Waals surface area contributed by atoms with Crippen LogP contribution in [0.15, 0.2) is 48.5 Å². The molecule has 5 nitrogen and oxygen atoms in total. The van der Waals surface area contributed by atoms with Gasteiger partial charge in [-0.2, -0.15) is 0 Å². The molecular formula is C15H10ClNO4. The monoisotopic (exact) mass is 303 g/mol. The van der Waals surface area contributed by atoms with Gasteiger partial charge in [0.25, 0.3) is 5.69 Å². The van der Waals surface area contributed by atoms with Gasteiger partial charge in [-0.25, -0.2) is 4.79 Å². The molecule has 21 heavy (non-hydrogen) atoms. The van der Waals surface area contributed by atoms with E-state index in [0.717, 1.165) is 0 Å². The zero-order valence-corrected chi connectivity index (χ0v) is 11.4. The number of carboxylic acids is 1. The molecule has 0 atom stereocenters. The van der Waals surface area contributed by atoms with E-state index in [1.807, 2.05) is 0 Å². The van der Waals surface area contributed by atoms with Crippen molar-refractivity contribution < 1.29 is 14.8 Å². The van der Waals surface area contributed by atoms with Crippen LogP contribution in [0.1, 0.15) is 11.1 Å². The lowest BCUT2D eigenvalue weighted by atomic mass is 10.0. The van der Waals surface area contributed by atoms with E-state index in [4.69, 9.17) is 11.6 Å². The van der Waals surface area contributed by atoms with E-state index in [2.05, 4.69) is 0 Å². The van der Waals surface area contributed by atoms with E-state index >= 15 is 0 Å². The SMILES string of the molecule is O=C(O)/C(=C\c1ccc(Cl)cc1)c1ccc([N+](=O)[O-])cc1. The van der Waals surface area contributed by atoms with Gasteiger partial charge in [0.1, 0.15) is 0 Å². The van der Waals surface area contributed by atoms with Crippen LogP contribution in [0.3, 0.4) is 0 Å². The molecule has 0 spiro atoms. The summed E-state index contributed by atoms with van der Waals surface area (Å²) in [6.45, 7) is 0. The Morgan fingerprint density at radius 3 is 2.14 bits per heavy atom. The third kappa shape index (κ3) is 3.67. The molecule has 0 amide bonds. The van der Waals surface area contributed by atoms with Crippen LogP contribution in [0, 0.1) is 10.1 Å². The molecule has 0 bridgehead atoms. The number of benzene rings is 2. The van der Waals surface area contributed by atoms with Crippen molar-refractivity contribution >= 4 is 34.9 Å². The van der Waals surface area contributed by atoms with Crippen LogP contribution in [-0.4, -0.2) is 16.0 Å². The van der Waals surface area contributed by atoms with Crippen LogP contribution < -0.4 is 0 Å². The summed E-state index contributed by atoms with van der Waals surface area (Å²) >= 11 is 5.77. The second-order valence-corrected chi connectivity index (χ2v) is 4.66. The summed E-state index contributed by atoms with van der Waals surface area (Å²) in [4.78, 5) is 21.4. The second-order valence-electron chi connectivity index (χ2n) is 4.22. The molecule has 0 saturated carbocycles. The van der Waals surface area contributed by atoms with Crippen LogP contribution in [0.5, 0.6) is 0 Å². The number of aliphatic carboxylic acids is 1. The van der Waals surface area contributed by atoms with Gasteiger partial charge in [0.05, 0.1) is 10.5 Å². The average Bonchev–Trinajstić information content (AvgIpc) is 2.46. The zero-order valence-electron chi connectivity index (χ0n) is 10.7. The van der Waals surface area contributed by atoms with Crippen molar-refractivity contribution in [3.05, 3.63) is 74.8 Å². The number of rotatable bonds is 4. The van der Waals surface area contributed by atoms with Crippen LogP contribution in [0.2, 0.25) is 5.02 Å². The first kappa shape index (κ1) is 14.7. The molecule has 106 valence electrons. The Morgan fingerprint density at radius 1 is 1.10 bits per heavy atom. The third-order valence-electron chi connectivity index (χ3n) is 2.80. The first-order valence-corrected chi connectivity index (χ1v) is 6.30. The number of halogens is 1. The maximum Gasteiger partial charge on any atom is 0.336 e. The first-order valence-electron chi connectivity index (χ1n) is 5.93. The fourth-order valence-electron chi connectivity index (χ4n) is 1.76. The number of nitrogens with zero attached hydrogens (tertiary/aromatic N) is 1. The van der Waals surface area contributed by atoms with Gasteiger partial charge in [-0.05, 0) is 41.5 Å². The summed E-state index contributed by atoms with van der Waals surface area (Å²) in [7, 11) is 0. The fraction of sp³-hybridized carbons (Fsp3) is 0. The highest BCUT2D eigenvalue weighted by atomic mass is 35.5. The van der Waals surface area contributed by atoms with Crippen molar-refractivity contribution in [2.45, 2.75) is 0 Å². The molecule has 0 radical (unpaired) electrons. The zero-order chi connectivity index (χ0) is 15.4. The number of carbonyl (C=O) groups is 1. The van der Waals surface area contributed by atoms with Gasteiger partial charge in [0.2, 0.25) is 0 Å². The van der Waals surface area contributed by atoms with Gasteiger partial charge in [-0.3, -0.25) is 10.1 Å². The molecule has 0 heterocycles. The summed E-state index contributed by atoms with van der Waals surface area (Å²) in [5.41, 5.74) is 1.03. The Morgan fingerprint density at radius 2 is 1.67 bits per heavy atom. The summed E-state index contributed by atoms with van der Waals surface area (Å²) in [6.07, 6.45) is 1.49. The average molecular weight is 304 g/mol. The Hall–Kier alpha value is -2.66. The van der Waals surface area contributed by atoms with E-state index < -0.39 is 10.9 Å². The molecule has 1 N–H and O–H groups in total.